The number of amides is 1. The molecule has 4 heterocycles. The normalized spacial score (nSPS) is 26.9. The third-order valence-corrected chi connectivity index (χ3v) is 6.88. The number of ether oxygens (including phenoxy) is 2. The fourth-order valence-electron chi connectivity index (χ4n) is 3.67. The number of carbonyl (C=O) groups is 1. The topological polar surface area (TPSA) is 111 Å². The van der Waals surface area contributed by atoms with Gasteiger partial charge in [0.05, 0.1) is 24.7 Å². The van der Waals surface area contributed by atoms with Crippen LogP contribution in [0.15, 0.2) is 12.4 Å². The van der Waals surface area contributed by atoms with Crippen molar-refractivity contribution in [3.63, 3.8) is 0 Å². The highest BCUT2D eigenvalue weighted by atomic mass is 32.2. The average molecular weight is 382 g/mol. The largest absolute Gasteiger partial charge is 0.356 e. The van der Waals surface area contributed by atoms with Crippen molar-refractivity contribution in [3.05, 3.63) is 18.1 Å². The minimum Gasteiger partial charge on any atom is -0.356 e. The lowest BCUT2D eigenvalue weighted by Crippen LogP contribution is -2.45. The third kappa shape index (κ3) is 3.67. The van der Waals surface area contributed by atoms with Crippen LogP contribution in [0.4, 0.5) is 5.82 Å². The van der Waals surface area contributed by atoms with Crippen molar-refractivity contribution < 1.29 is 22.7 Å². The SMILES string of the molecule is O=C(NC1CCS(=O)(=O)C1)c1cc(N2CCC3(CC2)OCCO3)ncn1. The highest BCUT2D eigenvalue weighted by Gasteiger charge is 2.40. The zero-order valence-electron chi connectivity index (χ0n) is 14.4. The Morgan fingerprint density at radius 1 is 1.23 bits per heavy atom. The molecule has 1 unspecified atom stereocenters. The molecular weight excluding hydrogens is 360 g/mol. The number of hydrogen-bond acceptors (Lipinski definition) is 8. The summed E-state index contributed by atoms with van der Waals surface area (Å²) in [5.41, 5.74) is 0.243. The Kier molecular flexibility index (Phi) is 4.57. The molecule has 10 heteroatoms. The van der Waals surface area contributed by atoms with Gasteiger partial charge in [0.25, 0.3) is 5.91 Å². The van der Waals surface area contributed by atoms with Gasteiger partial charge in [0.1, 0.15) is 17.8 Å². The van der Waals surface area contributed by atoms with Gasteiger partial charge in [-0.15, -0.1) is 0 Å². The van der Waals surface area contributed by atoms with Gasteiger partial charge < -0.3 is 19.7 Å². The number of sulfone groups is 1. The van der Waals surface area contributed by atoms with E-state index in [1.54, 1.807) is 6.07 Å². The van der Waals surface area contributed by atoms with E-state index >= 15 is 0 Å². The smallest absolute Gasteiger partial charge is 0.270 e. The van der Waals surface area contributed by atoms with Gasteiger partial charge in [-0.2, -0.15) is 0 Å². The van der Waals surface area contributed by atoms with E-state index in [0.717, 1.165) is 25.9 Å². The predicted octanol–water partition coefficient (Wildman–Crippen LogP) is -0.263. The lowest BCUT2D eigenvalue weighted by Gasteiger charge is -2.38. The Morgan fingerprint density at radius 2 is 1.96 bits per heavy atom. The van der Waals surface area contributed by atoms with Crippen LogP contribution in [-0.4, -0.2) is 73.9 Å². The first kappa shape index (κ1) is 17.6. The maximum Gasteiger partial charge on any atom is 0.270 e. The molecule has 3 aliphatic heterocycles. The number of hydrogen-bond donors (Lipinski definition) is 1. The Morgan fingerprint density at radius 3 is 2.62 bits per heavy atom. The molecule has 9 nitrogen and oxygen atoms in total. The number of nitrogens with zero attached hydrogens (tertiary/aromatic N) is 3. The summed E-state index contributed by atoms with van der Waals surface area (Å²) in [5, 5.41) is 2.75. The molecule has 1 aromatic heterocycles. The quantitative estimate of drug-likeness (QED) is 0.761. The van der Waals surface area contributed by atoms with E-state index in [1.165, 1.54) is 6.33 Å². The maximum absolute atomic E-state index is 12.4. The molecule has 26 heavy (non-hydrogen) atoms. The summed E-state index contributed by atoms with van der Waals surface area (Å²) in [6.07, 6.45) is 3.31. The number of carbonyl (C=O) groups excluding carboxylic acids is 1. The van der Waals surface area contributed by atoms with Crippen molar-refractivity contribution in [2.24, 2.45) is 0 Å². The monoisotopic (exact) mass is 382 g/mol. The molecule has 1 spiro atoms. The summed E-state index contributed by atoms with van der Waals surface area (Å²) >= 11 is 0. The van der Waals surface area contributed by atoms with Crippen molar-refractivity contribution in [2.75, 3.05) is 42.7 Å². The molecule has 1 amide bonds. The third-order valence-electron chi connectivity index (χ3n) is 5.12. The molecular formula is C16H22N4O5S. The predicted molar refractivity (Wildman–Crippen MR) is 92.6 cm³/mol. The van der Waals surface area contributed by atoms with Crippen LogP contribution in [0.2, 0.25) is 0 Å². The van der Waals surface area contributed by atoms with E-state index in [9.17, 15) is 13.2 Å². The Hall–Kier alpha value is -1.78. The van der Waals surface area contributed by atoms with Crippen LogP contribution in [0.25, 0.3) is 0 Å². The van der Waals surface area contributed by atoms with Gasteiger partial charge in [-0.1, -0.05) is 0 Å². The van der Waals surface area contributed by atoms with E-state index in [2.05, 4.69) is 20.2 Å². The highest BCUT2D eigenvalue weighted by molar-refractivity contribution is 7.91. The molecule has 0 aromatic carbocycles. The van der Waals surface area contributed by atoms with Gasteiger partial charge in [0, 0.05) is 38.0 Å². The van der Waals surface area contributed by atoms with Crippen LogP contribution in [-0.2, 0) is 19.3 Å². The molecule has 0 saturated carbocycles. The molecule has 0 radical (unpaired) electrons. The first-order valence-electron chi connectivity index (χ1n) is 8.81. The number of aromatic nitrogens is 2. The molecule has 1 N–H and O–H groups in total. The number of anilines is 1. The second kappa shape index (κ2) is 6.75. The molecule has 1 atom stereocenters. The second-order valence-electron chi connectivity index (χ2n) is 6.93. The zero-order chi connectivity index (χ0) is 18.2. The Balaban J connectivity index is 1.39. The summed E-state index contributed by atoms with van der Waals surface area (Å²) < 4.78 is 34.5. The second-order valence-corrected chi connectivity index (χ2v) is 9.16. The van der Waals surface area contributed by atoms with Gasteiger partial charge in [0.15, 0.2) is 15.6 Å². The van der Waals surface area contributed by atoms with Crippen LogP contribution >= 0.6 is 0 Å². The first-order valence-corrected chi connectivity index (χ1v) is 10.6. The van der Waals surface area contributed by atoms with Crippen LogP contribution in [0.3, 0.4) is 0 Å². The fourth-order valence-corrected chi connectivity index (χ4v) is 5.35. The van der Waals surface area contributed by atoms with Crippen molar-refractivity contribution >= 4 is 21.6 Å². The van der Waals surface area contributed by atoms with E-state index in [0.29, 0.717) is 25.5 Å². The van der Waals surface area contributed by atoms with E-state index in [1.807, 2.05) is 0 Å². The molecule has 3 fully saturated rings. The van der Waals surface area contributed by atoms with Crippen LogP contribution in [0.1, 0.15) is 29.8 Å². The average Bonchev–Trinajstić information content (AvgIpc) is 3.22. The Labute approximate surface area is 152 Å². The zero-order valence-corrected chi connectivity index (χ0v) is 15.2. The number of rotatable bonds is 3. The Bertz CT molecular complexity index is 784. The van der Waals surface area contributed by atoms with Crippen LogP contribution in [0.5, 0.6) is 0 Å². The summed E-state index contributed by atoms with van der Waals surface area (Å²) in [5.74, 6) is -0.0429. The molecule has 0 aliphatic carbocycles. The summed E-state index contributed by atoms with van der Waals surface area (Å²) in [6, 6.07) is 1.30. The highest BCUT2D eigenvalue weighted by Crippen LogP contribution is 2.32. The summed E-state index contributed by atoms with van der Waals surface area (Å²) in [4.78, 5) is 22.8. The van der Waals surface area contributed by atoms with E-state index in [4.69, 9.17) is 9.47 Å². The summed E-state index contributed by atoms with van der Waals surface area (Å²) in [6.45, 7) is 2.71. The van der Waals surface area contributed by atoms with Crippen molar-refractivity contribution in [1.29, 1.82) is 0 Å². The van der Waals surface area contributed by atoms with Gasteiger partial charge in [-0.3, -0.25) is 4.79 Å². The molecule has 1 aromatic rings. The molecule has 142 valence electrons. The standard InChI is InChI=1S/C16H22N4O5S/c21-15(19-12-1-8-26(22,23)10-12)13-9-14(18-11-17-13)20-4-2-16(3-5-20)24-6-7-25-16/h9,11-12H,1-8,10H2,(H,19,21). The van der Waals surface area contributed by atoms with Crippen LogP contribution < -0.4 is 10.2 Å². The van der Waals surface area contributed by atoms with E-state index < -0.39 is 15.6 Å². The number of piperidine rings is 1. The fraction of sp³-hybridized carbons (Fsp3) is 0.688. The van der Waals surface area contributed by atoms with Gasteiger partial charge in [0.2, 0.25) is 0 Å². The van der Waals surface area contributed by atoms with Crippen molar-refractivity contribution in [3.8, 4) is 0 Å². The molecule has 3 aliphatic rings. The van der Waals surface area contributed by atoms with Gasteiger partial charge in [-0.25, -0.2) is 18.4 Å². The van der Waals surface area contributed by atoms with E-state index in [-0.39, 0.29) is 29.1 Å². The molecule has 0 bridgehead atoms. The van der Waals surface area contributed by atoms with Gasteiger partial charge >= 0.3 is 0 Å². The lowest BCUT2D eigenvalue weighted by atomic mass is 10.0. The minimum atomic E-state index is -3.04. The first-order chi connectivity index (χ1) is 12.4. The lowest BCUT2D eigenvalue weighted by molar-refractivity contribution is -0.169. The molecule has 4 rings (SSSR count). The minimum absolute atomic E-state index is 0.00904. The van der Waals surface area contributed by atoms with Gasteiger partial charge in [-0.05, 0) is 6.42 Å². The summed E-state index contributed by atoms with van der Waals surface area (Å²) in [7, 11) is -3.04. The maximum atomic E-state index is 12.4. The number of nitrogens with one attached hydrogen (secondary N) is 1. The van der Waals surface area contributed by atoms with Crippen molar-refractivity contribution in [1.82, 2.24) is 15.3 Å². The molecule has 3 saturated heterocycles. The van der Waals surface area contributed by atoms with Crippen molar-refractivity contribution in [2.45, 2.75) is 31.1 Å². The van der Waals surface area contributed by atoms with Crippen LogP contribution in [0, 0.1) is 0 Å².